The van der Waals surface area contributed by atoms with Crippen LogP contribution in [0.25, 0.3) is 5.65 Å². The van der Waals surface area contributed by atoms with Crippen LogP contribution in [0.4, 0.5) is 5.82 Å². The number of hydrogen-bond donors (Lipinski definition) is 1. The van der Waals surface area contributed by atoms with E-state index in [0.717, 1.165) is 39.9 Å². The molecule has 0 unspecified atom stereocenters. The molecule has 7 heteroatoms. The maximum atomic E-state index is 4.85. The van der Waals surface area contributed by atoms with Gasteiger partial charge in [0.15, 0.2) is 0 Å². The Morgan fingerprint density at radius 3 is 2.52 bits per heavy atom. The van der Waals surface area contributed by atoms with Crippen LogP contribution in [0.2, 0.25) is 0 Å². The minimum atomic E-state index is 0.579. The first-order valence-electron chi connectivity index (χ1n) is 10.2. The maximum absolute atomic E-state index is 4.85. The number of nitrogens with zero attached hydrogens (tertiary/aromatic N) is 6. The van der Waals surface area contributed by atoms with E-state index in [1.807, 2.05) is 59.0 Å². The molecule has 5 heterocycles. The maximum Gasteiger partial charge on any atom is 0.148 e. The highest BCUT2D eigenvalue weighted by atomic mass is 15.4. The summed E-state index contributed by atoms with van der Waals surface area (Å²) in [5.41, 5.74) is 9.51. The second kappa shape index (κ2) is 8.02. The molecule has 5 aromatic heterocycles. The van der Waals surface area contributed by atoms with Gasteiger partial charge in [-0.2, -0.15) is 0 Å². The fourth-order valence-corrected chi connectivity index (χ4v) is 3.77. The van der Waals surface area contributed by atoms with Crippen molar-refractivity contribution in [3.63, 3.8) is 0 Å². The van der Waals surface area contributed by atoms with Crippen LogP contribution < -0.4 is 5.43 Å². The van der Waals surface area contributed by atoms with Gasteiger partial charge in [0.1, 0.15) is 17.3 Å². The zero-order chi connectivity index (χ0) is 21.2. The molecule has 5 rings (SSSR count). The molecule has 0 bridgehead atoms. The summed E-state index contributed by atoms with van der Waals surface area (Å²) < 4.78 is 3.88. The van der Waals surface area contributed by atoms with E-state index < -0.39 is 0 Å². The lowest BCUT2D eigenvalue weighted by Crippen LogP contribution is -2.11. The predicted molar refractivity (Wildman–Crippen MR) is 120 cm³/mol. The standard InChI is InChI=1S/C24H23N7/c1-17-11-18(2)26-20(12-17)15-22-27-21(16-23(28-22)29-31-7-3-4-8-31)13-19-5-9-30-10-6-25-24(30)14-19/h3-12,14,16H,13,15H2,1-2H3,(H,27,28,29). The van der Waals surface area contributed by atoms with E-state index in [-0.39, 0.29) is 0 Å². The third-order valence-corrected chi connectivity index (χ3v) is 5.01. The van der Waals surface area contributed by atoms with E-state index in [4.69, 9.17) is 9.97 Å². The SMILES string of the molecule is Cc1cc(C)nc(Cc2nc(Cc3ccn4ccnc4c3)cc(Nn3cccc3)n2)c1. The van der Waals surface area contributed by atoms with Gasteiger partial charge in [-0.3, -0.25) is 15.1 Å². The van der Waals surface area contributed by atoms with Crippen molar-refractivity contribution >= 4 is 11.5 Å². The van der Waals surface area contributed by atoms with Crippen LogP contribution in [0.3, 0.4) is 0 Å². The van der Waals surface area contributed by atoms with Gasteiger partial charge in [0.2, 0.25) is 0 Å². The molecule has 0 aliphatic carbocycles. The van der Waals surface area contributed by atoms with Crippen molar-refractivity contribution in [3.05, 3.63) is 107 Å². The van der Waals surface area contributed by atoms with Crippen LogP contribution >= 0.6 is 0 Å². The largest absolute Gasteiger partial charge is 0.307 e. The van der Waals surface area contributed by atoms with Crippen molar-refractivity contribution in [1.29, 1.82) is 0 Å². The molecule has 1 N–H and O–H groups in total. The summed E-state index contributed by atoms with van der Waals surface area (Å²) >= 11 is 0. The summed E-state index contributed by atoms with van der Waals surface area (Å²) in [6.07, 6.45) is 10.9. The van der Waals surface area contributed by atoms with Crippen molar-refractivity contribution in [2.45, 2.75) is 26.7 Å². The quantitative estimate of drug-likeness (QED) is 0.459. The topological polar surface area (TPSA) is 72.9 Å². The molecule has 0 aromatic carbocycles. The third kappa shape index (κ3) is 4.45. The van der Waals surface area contributed by atoms with Crippen LogP contribution in [0, 0.1) is 13.8 Å². The molecule has 7 nitrogen and oxygen atoms in total. The molecule has 0 atom stereocenters. The van der Waals surface area contributed by atoms with E-state index in [9.17, 15) is 0 Å². The molecule has 0 saturated heterocycles. The molecule has 5 aromatic rings. The molecular weight excluding hydrogens is 386 g/mol. The highest BCUT2D eigenvalue weighted by Gasteiger charge is 2.10. The van der Waals surface area contributed by atoms with Gasteiger partial charge in [0.25, 0.3) is 0 Å². The van der Waals surface area contributed by atoms with E-state index in [0.29, 0.717) is 12.8 Å². The first kappa shape index (κ1) is 19.0. The molecule has 0 amide bonds. The summed E-state index contributed by atoms with van der Waals surface area (Å²) in [6, 6.07) is 14.3. The van der Waals surface area contributed by atoms with Crippen molar-refractivity contribution in [3.8, 4) is 0 Å². The Bertz CT molecular complexity index is 1320. The van der Waals surface area contributed by atoms with Crippen LogP contribution in [-0.2, 0) is 12.8 Å². The van der Waals surface area contributed by atoms with Crippen molar-refractivity contribution < 1.29 is 0 Å². The van der Waals surface area contributed by atoms with Gasteiger partial charge in [0, 0.05) is 54.9 Å². The Morgan fingerprint density at radius 1 is 0.839 bits per heavy atom. The van der Waals surface area contributed by atoms with Crippen molar-refractivity contribution in [2.24, 2.45) is 0 Å². The number of imidazole rings is 1. The number of anilines is 1. The Morgan fingerprint density at radius 2 is 1.68 bits per heavy atom. The Hall–Kier alpha value is -4.00. The monoisotopic (exact) mass is 409 g/mol. The molecule has 31 heavy (non-hydrogen) atoms. The normalized spacial score (nSPS) is 11.2. The minimum absolute atomic E-state index is 0.579. The minimum Gasteiger partial charge on any atom is -0.307 e. The highest BCUT2D eigenvalue weighted by molar-refractivity contribution is 5.44. The molecule has 0 saturated carbocycles. The lowest BCUT2D eigenvalue weighted by molar-refractivity contribution is 0.870. The lowest BCUT2D eigenvalue weighted by Gasteiger charge is -2.11. The first-order chi connectivity index (χ1) is 15.1. The van der Waals surface area contributed by atoms with E-state index >= 15 is 0 Å². The first-order valence-corrected chi connectivity index (χ1v) is 10.2. The molecule has 0 spiro atoms. The molecule has 154 valence electrons. The van der Waals surface area contributed by atoms with E-state index in [1.165, 1.54) is 5.56 Å². The Labute approximate surface area is 180 Å². The summed E-state index contributed by atoms with van der Waals surface area (Å²) in [6.45, 7) is 4.10. The number of aromatic nitrogens is 6. The molecule has 0 radical (unpaired) electrons. The van der Waals surface area contributed by atoms with Gasteiger partial charge in [-0.05, 0) is 61.4 Å². The van der Waals surface area contributed by atoms with Crippen LogP contribution in [0.1, 0.15) is 34.0 Å². The average Bonchev–Trinajstić information content (AvgIpc) is 3.38. The molecule has 0 aliphatic rings. The number of aryl methyl sites for hydroxylation is 2. The van der Waals surface area contributed by atoms with Gasteiger partial charge < -0.3 is 4.40 Å². The van der Waals surface area contributed by atoms with Crippen LogP contribution in [0.15, 0.2) is 73.4 Å². The van der Waals surface area contributed by atoms with Gasteiger partial charge in [0.05, 0.1) is 12.1 Å². The third-order valence-electron chi connectivity index (χ3n) is 5.01. The number of nitrogens with one attached hydrogen (secondary N) is 1. The van der Waals surface area contributed by atoms with E-state index in [1.54, 1.807) is 6.20 Å². The van der Waals surface area contributed by atoms with Crippen LogP contribution in [0.5, 0.6) is 0 Å². The van der Waals surface area contributed by atoms with Gasteiger partial charge in [-0.15, -0.1) is 0 Å². The predicted octanol–water partition coefficient (Wildman–Crippen LogP) is 3.99. The second-order valence-electron chi connectivity index (χ2n) is 7.72. The Kier molecular flexibility index (Phi) is 4.92. The van der Waals surface area contributed by atoms with Gasteiger partial charge in [-0.25, -0.2) is 15.0 Å². The van der Waals surface area contributed by atoms with Crippen molar-refractivity contribution in [2.75, 3.05) is 5.43 Å². The van der Waals surface area contributed by atoms with E-state index in [2.05, 4.69) is 46.6 Å². The second-order valence-corrected chi connectivity index (χ2v) is 7.72. The molecule has 0 aliphatic heterocycles. The summed E-state index contributed by atoms with van der Waals surface area (Å²) in [5, 5.41) is 0. The highest BCUT2D eigenvalue weighted by Crippen LogP contribution is 2.16. The zero-order valence-electron chi connectivity index (χ0n) is 17.5. The molecular formula is C24H23N7. The zero-order valence-corrected chi connectivity index (χ0v) is 17.5. The number of hydrogen-bond acceptors (Lipinski definition) is 5. The van der Waals surface area contributed by atoms with Crippen molar-refractivity contribution in [1.82, 2.24) is 29.0 Å². The number of rotatable bonds is 6. The molecule has 0 fully saturated rings. The lowest BCUT2D eigenvalue weighted by atomic mass is 10.1. The number of pyridine rings is 2. The summed E-state index contributed by atoms with van der Waals surface area (Å²) in [5.74, 6) is 1.49. The fourth-order valence-electron chi connectivity index (χ4n) is 3.77. The van der Waals surface area contributed by atoms with Crippen LogP contribution in [-0.4, -0.2) is 29.0 Å². The van der Waals surface area contributed by atoms with Gasteiger partial charge in [-0.1, -0.05) is 0 Å². The Balaban J connectivity index is 1.48. The fraction of sp³-hybridized carbons (Fsp3) is 0.167. The average molecular weight is 409 g/mol. The summed E-state index contributed by atoms with van der Waals surface area (Å²) in [4.78, 5) is 18.6. The van der Waals surface area contributed by atoms with Gasteiger partial charge >= 0.3 is 0 Å². The summed E-state index contributed by atoms with van der Waals surface area (Å²) in [7, 11) is 0. The smallest absolute Gasteiger partial charge is 0.148 e. The number of fused-ring (bicyclic) bond motifs is 1.